The average molecular weight is 163 g/mol. The third-order valence-corrected chi connectivity index (χ3v) is 1.03. The van der Waals surface area contributed by atoms with Crippen LogP contribution in [0.25, 0.3) is 0 Å². The van der Waals surface area contributed by atoms with Crippen LogP contribution in [0.15, 0.2) is 14.4 Å². The fourth-order valence-corrected chi connectivity index (χ4v) is 0.516. The normalized spacial score (nSPS) is 9.09. The van der Waals surface area contributed by atoms with Crippen LogP contribution in [0.5, 0.6) is 11.5 Å². The second-order valence-electron chi connectivity index (χ2n) is 1.65. The molecule has 1 aromatic carbocycles. The molecule has 0 aliphatic carbocycles. The third-order valence-electron chi connectivity index (χ3n) is 1.03. The minimum Gasteiger partial charge on any atom is -0.870 e. The van der Waals surface area contributed by atoms with Crippen molar-refractivity contribution in [3.05, 3.63) is 30.7 Å². The minimum absolute atomic E-state index is 0. The summed E-state index contributed by atoms with van der Waals surface area (Å²) in [5.74, 6) is -3.04. The van der Waals surface area contributed by atoms with Crippen molar-refractivity contribution >= 4 is 0 Å². The van der Waals surface area contributed by atoms with E-state index in [1.54, 1.807) is 0 Å². The molecule has 0 fully saturated rings. The van der Waals surface area contributed by atoms with Crippen LogP contribution in [0, 0.1) is 0 Å². The van der Waals surface area contributed by atoms with Gasteiger partial charge in [-0.15, -0.1) is 0 Å². The van der Waals surface area contributed by atoms with Crippen molar-refractivity contribution in [2.24, 2.45) is 0 Å². The maximum Gasteiger partial charge on any atom is 1.00 e. The second-order valence-corrected chi connectivity index (χ2v) is 1.65. The molecular formula is C5NaO5-. The van der Waals surface area contributed by atoms with E-state index in [1.165, 1.54) is 0 Å². The first-order chi connectivity index (χ1) is 4.55. The molecule has 0 bridgehead atoms. The van der Waals surface area contributed by atoms with Crippen molar-refractivity contribution in [2.75, 3.05) is 0 Å². The first-order valence-electron chi connectivity index (χ1n) is 2.27. The van der Waals surface area contributed by atoms with Gasteiger partial charge in [-0.2, -0.15) is 0 Å². The van der Waals surface area contributed by atoms with Crippen molar-refractivity contribution in [2.45, 2.75) is 0 Å². The predicted molar refractivity (Wildman–Crippen MR) is 26.5 cm³/mol. The van der Waals surface area contributed by atoms with Gasteiger partial charge in [0.05, 0.1) is 0 Å². The SMILES string of the molecule is O=c1c([O-])c([O-])c(=O)c1=O.[Na+]. The molecule has 1 aromatic rings. The van der Waals surface area contributed by atoms with Gasteiger partial charge in [-0.25, -0.2) is 0 Å². The summed E-state index contributed by atoms with van der Waals surface area (Å²) in [6, 6.07) is 0. The quantitative estimate of drug-likeness (QED) is 0.280. The molecule has 0 saturated heterocycles. The van der Waals surface area contributed by atoms with Crippen LogP contribution in [0.4, 0.5) is 0 Å². The molecule has 0 aliphatic rings. The maximum absolute atomic E-state index is 10.2. The molecule has 6 heteroatoms. The average Bonchev–Trinajstić information content (AvgIpc) is 2.07. The smallest absolute Gasteiger partial charge is 0.870 e. The molecule has 0 amide bonds. The monoisotopic (exact) mass is 163 g/mol. The Morgan fingerprint density at radius 2 is 1.00 bits per heavy atom. The van der Waals surface area contributed by atoms with Gasteiger partial charge >= 0.3 is 29.6 Å². The van der Waals surface area contributed by atoms with E-state index in [2.05, 4.69) is 0 Å². The van der Waals surface area contributed by atoms with Crippen LogP contribution in [0.1, 0.15) is 0 Å². The van der Waals surface area contributed by atoms with Crippen LogP contribution < -0.4 is 56.1 Å². The van der Waals surface area contributed by atoms with E-state index in [4.69, 9.17) is 0 Å². The Labute approximate surface area is 81.9 Å². The summed E-state index contributed by atoms with van der Waals surface area (Å²) in [4.78, 5) is 30.6. The van der Waals surface area contributed by atoms with Gasteiger partial charge in [0, 0.05) is 0 Å². The minimum atomic E-state index is -1.52. The van der Waals surface area contributed by atoms with E-state index in [-0.39, 0.29) is 29.6 Å². The fraction of sp³-hybridized carbons (Fsp3) is 0. The summed E-state index contributed by atoms with van der Waals surface area (Å²) in [6.07, 6.45) is 0. The van der Waals surface area contributed by atoms with Gasteiger partial charge in [0.15, 0.2) is 0 Å². The summed E-state index contributed by atoms with van der Waals surface area (Å²) in [7, 11) is 0. The Morgan fingerprint density at radius 1 is 0.727 bits per heavy atom. The summed E-state index contributed by atoms with van der Waals surface area (Å²) < 4.78 is 0. The Kier molecular flexibility index (Phi) is 2.98. The molecule has 1 rings (SSSR count). The topological polar surface area (TPSA) is 97.3 Å². The molecule has 0 radical (unpaired) electrons. The molecule has 11 heavy (non-hydrogen) atoms. The van der Waals surface area contributed by atoms with E-state index in [9.17, 15) is 24.6 Å². The van der Waals surface area contributed by atoms with Gasteiger partial charge in [0.25, 0.3) is 5.43 Å². The van der Waals surface area contributed by atoms with E-state index in [0.717, 1.165) is 0 Å². The molecule has 0 heterocycles. The summed E-state index contributed by atoms with van der Waals surface area (Å²) in [6.45, 7) is 0. The molecule has 0 N–H and O–H groups in total. The zero-order valence-corrected chi connectivity index (χ0v) is 7.54. The molecule has 0 aromatic heterocycles. The van der Waals surface area contributed by atoms with Gasteiger partial charge in [-0.05, 0) is 0 Å². The number of hydrogen-bond acceptors (Lipinski definition) is 5. The van der Waals surface area contributed by atoms with E-state index in [1.807, 2.05) is 0 Å². The summed E-state index contributed by atoms with van der Waals surface area (Å²) in [5.41, 5.74) is -4.56. The molecule has 0 unspecified atom stereocenters. The van der Waals surface area contributed by atoms with Crippen molar-refractivity contribution in [3.63, 3.8) is 0 Å². The Morgan fingerprint density at radius 3 is 1.09 bits per heavy atom. The van der Waals surface area contributed by atoms with Crippen LogP contribution in [-0.2, 0) is 0 Å². The van der Waals surface area contributed by atoms with Gasteiger partial charge in [0.1, 0.15) is 0 Å². The largest absolute Gasteiger partial charge is 1.00 e. The molecule has 0 saturated carbocycles. The molecular weight excluding hydrogens is 163 g/mol. The van der Waals surface area contributed by atoms with Gasteiger partial charge in [-0.1, -0.05) is 11.5 Å². The molecule has 0 atom stereocenters. The fourth-order valence-electron chi connectivity index (χ4n) is 0.516. The van der Waals surface area contributed by atoms with Crippen molar-refractivity contribution in [3.8, 4) is 11.5 Å². The molecule has 0 spiro atoms. The van der Waals surface area contributed by atoms with E-state index >= 15 is 0 Å². The Bertz CT molecular complexity index is 363. The van der Waals surface area contributed by atoms with Gasteiger partial charge < -0.3 is 10.2 Å². The van der Waals surface area contributed by atoms with Crippen molar-refractivity contribution < 1.29 is 39.8 Å². The summed E-state index contributed by atoms with van der Waals surface area (Å²) >= 11 is 0. The first-order valence-corrected chi connectivity index (χ1v) is 2.27. The second kappa shape index (κ2) is 3.17. The van der Waals surface area contributed by atoms with Gasteiger partial charge in [-0.3, -0.25) is 14.4 Å². The predicted octanol–water partition coefficient (Wildman–Crippen LogP) is -6.21. The Balaban J connectivity index is 0.000001000. The third kappa shape index (κ3) is 1.35. The van der Waals surface area contributed by atoms with E-state index in [0.29, 0.717) is 0 Å². The molecule has 0 aliphatic heterocycles. The van der Waals surface area contributed by atoms with Crippen molar-refractivity contribution in [1.29, 1.82) is 0 Å². The van der Waals surface area contributed by atoms with Crippen LogP contribution >= 0.6 is 0 Å². The zero-order chi connectivity index (χ0) is 7.89. The number of rotatable bonds is 0. The standard InChI is InChI=1S/C5H2O5.Na/c6-1-2(7)4(9)5(10)3(1)8;/h6-7H;/q;+1/p-2. The van der Waals surface area contributed by atoms with Crippen LogP contribution in [-0.4, -0.2) is 0 Å². The summed E-state index contributed by atoms with van der Waals surface area (Å²) in [5, 5.41) is 20.4. The van der Waals surface area contributed by atoms with E-state index < -0.39 is 27.8 Å². The first kappa shape index (κ1) is 10.3. The molecule has 52 valence electrons. The van der Waals surface area contributed by atoms with Gasteiger partial charge in [0.2, 0.25) is 10.9 Å². The molecule has 5 nitrogen and oxygen atoms in total. The van der Waals surface area contributed by atoms with Crippen LogP contribution in [0.2, 0.25) is 0 Å². The Hall–Kier alpha value is -0.650. The van der Waals surface area contributed by atoms with Crippen molar-refractivity contribution in [1.82, 2.24) is 0 Å². The van der Waals surface area contributed by atoms with Crippen LogP contribution in [0.3, 0.4) is 0 Å². The maximum atomic E-state index is 10.2. The number of hydrogen-bond donors (Lipinski definition) is 0. The zero-order valence-electron chi connectivity index (χ0n) is 5.54.